The van der Waals surface area contributed by atoms with E-state index in [9.17, 15) is 9.59 Å². The SMILES string of the molecule is COc1ccccc1CN(C)[C@H](C)C(=O)N1CCNC1=O. The number of benzene rings is 1. The molecule has 0 unspecified atom stereocenters. The van der Waals surface area contributed by atoms with Crippen molar-refractivity contribution in [2.75, 3.05) is 27.2 Å². The van der Waals surface area contributed by atoms with Crippen molar-refractivity contribution in [3.63, 3.8) is 0 Å². The number of methoxy groups -OCH3 is 1. The van der Waals surface area contributed by atoms with Crippen molar-refractivity contribution >= 4 is 11.9 Å². The summed E-state index contributed by atoms with van der Waals surface area (Å²) in [7, 11) is 3.49. The molecule has 6 nitrogen and oxygen atoms in total. The summed E-state index contributed by atoms with van der Waals surface area (Å²) in [4.78, 5) is 27.1. The fraction of sp³-hybridized carbons (Fsp3) is 0.467. The maximum atomic E-state index is 12.3. The van der Waals surface area contributed by atoms with Crippen LogP contribution < -0.4 is 10.1 Å². The third-order valence-corrected chi connectivity index (χ3v) is 3.75. The van der Waals surface area contributed by atoms with E-state index < -0.39 is 0 Å². The van der Waals surface area contributed by atoms with Crippen molar-refractivity contribution in [3.8, 4) is 5.75 Å². The monoisotopic (exact) mass is 291 g/mol. The quantitative estimate of drug-likeness (QED) is 0.881. The summed E-state index contributed by atoms with van der Waals surface area (Å²) in [6.07, 6.45) is 0. The standard InChI is InChI=1S/C15H21N3O3/c1-11(14(19)18-9-8-16-15(18)20)17(2)10-12-6-4-5-7-13(12)21-3/h4-7,11H,8-10H2,1-3H3,(H,16,20)/t11-/m1/s1. The largest absolute Gasteiger partial charge is 0.496 e. The molecule has 1 fully saturated rings. The van der Waals surface area contributed by atoms with E-state index in [0.717, 1.165) is 11.3 Å². The van der Waals surface area contributed by atoms with Gasteiger partial charge in [0, 0.05) is 25.2 Å². The van der Waals surface area contributed by atoms with Gasteiger partial charge in [0.15, 0.2) is 0 Å². The molecule has 3 amide bonds. The van der Waals surface area contributed by atoms with E-state index in [1.165, 1.54) is 4.90 Å². The van der Waals surface area contributed by atoms with Gasteiger partial charge in [-0.05, 0) is 20.0 Å². The molecular formula is C15H21N3O3. The van der Waals surface area contributed by atoms with Gasteiger partial charge in [-0.3, -0.25) is 14.6 Å². The molecule has 0 aliphatic carbocycles. The van der Waals surface area contributed by atoms with E-state index in [4.69, 9.17) is 4.74 Å². The molecule has 21 heavy (non-hydrogen) atoms. The van der Waals surface area contributed by atoms with E-state index in [1.807, 2.05) is 43.1 Å². The molecule has 0 bridgehead atoms. The van der Waals surface area contributed by atoms with Crippen LogP contribution in [0, 0.1) is 0 Å². The first-order valence-electron chi connectivity index (χ1n) is 6.96. The number of carbonyl (C=O) groups is 2. The fourth-order valence-electron chi connectivity index (χ4n) is 2.34. The summed E-state index contributed by atoms with van der Waals surface area (Å²) in [5.74, 6) is 0.616. The molecule has 1 aliphatic heterocycles. The summed E-state index contributed by atoms with van der Waals surface area (Å²) in [6, 6.07) is 7.02. The van der Waals surface area contributed by atoms with Crippen LogP contribution in [0.5, 0.6) is 5.75 Å². The molecule has 0 saturated carbocycles. The molecule has 1 aromatic carbocycles. The summed E-state index contributed by atoms with van der Waals surface area (Å²) in [5, 5.41) is 2.64. The summed E-state index contributed by atoms with van der Waals surface area (Å²) in [5.41, 5.74) is 1.01. The number of nitrogens with zero attached hydrogens (tertiary/aromatic N) is 2. The second-order valence-corrected chi connectivity index (χ2v) is 5.12. The van der Waals surface area contributed by atoms with Crippen LogP contribution in [0.2, 0.25) is 0 Å². The van der Waals surface area contributed by atoms with E-state index in [-0.39, 0.29) is 18.0 Å². The Hall–Kier alpha value is -2.08. The van der Waals surface area contributed by atoms with Gasteiger partial charge in [0.2, 0.25) is 5.91 Å². The lowest BCUT2D eigenvalue weighted by Gasteiger charge is -2.27. The van der Waals surface area contributed by atoms with Crippen LogP contribution in [0.3, 0.4) is 0 Å². The second kappa shape index (κ2) is 6.58. The Morgan fingerprint density at radius 2 is 2.19 bits per heavy atom. The average Bonchev–Trinajstić information content (AvgIpc) is 2.92. The first kappa shape index (κ1) is 15.3. The van der Waals surface area contributed by atoms with E-state index in [0.29, 0.717) is 19.6 Å². The Labute approximate surface area is 124 Å². The zero-order valence-corrected chi connectivity index (χ0v) is 12.6. The molecule has 0 aromatic heterocycles. The number of para-hydroxylation sites is 1. The maximum Gasteiger partial charge on any atom is 0.324 e. The van der Waals surface area contributed by atoms with Crippen molar-refractivity contribution in [2.24, 2.45) is 0 Å². The molecule has 0 radical (unpaired) electrons. The van der Waals surface area contributed by atoms with Gasteiger partial charge in [0.1, 0.15) is 5.75 Å². The number of urea groups is 1. The molecular weight excluding hydrogens is 270 g/mol. The summed E-state index contributed by atoms with van der Waals surface area (Å²) < 4.78 is 5.32. The van der Waals surface area contributed by atoms with Gasteiger partial charge in [0.05, 0.1) is 13.2 Å². The van der Waals surface area contributed by atoms with E-state index >= 15 is 0 Å². The van der Waals surface area contributed by atoms with Gasteiger partial charge in [-0.1, -0.05) is 18.2 Å². The average molecular weight is 291 g/mol. The van der Waals surface area contributed by atoms with Crippen LogP contribution >= 0.6 is 0 Å². The predicted molar refractivity (Wildman–Crippen MR) is 79.0 cm³/mol. The topological polar surface area (TPSA) is 61.9 Å². The minimum absolute atomic E-state index is 0.178. The van der Waals surface area contributed by atoms with Crippen LogP contribution in [0.15, 0.2) is 24.3 Å². The number of ether oxygens (including phenoxy) is 1. The van der Waals surface area contributed by atoms with Crippen molar-refractivity contribution in [2.45, 2.75) is 19.5 Å². The highest BCUT2D eigenvalue weighted by molar-refractivity contribution is 5.98. The van der Waals surface area contributed by atoms with Crippen molar-refractivity contribution in [1.29, 1.82) is 0 Å². The van der Waals surface area contributed by atoms with Gasteiger partial charge < -0.3 is 10.1 Å². The minimum Gasteiger partial charge on any atom is -0.496 e. The number of hydrogen-bond donors (Lipinski definition) is 1. The van der Waals surface area contributed by atoms with Gasteiger partial charge in [-0.2, -0.15) is 0 Å². The summed E-state index contributed by atoms with van der Waals surface area (Å²) in [6.45, 7) is 3.34. The van der Waals surface area contributed by atoms with Crippen LogP contribution in [0.4, 0.5) is 4.79 Å². The number of nitrogens with one attached hydrogen (secondary N) is 1. The molecule has 114 valence electrons. The number of carbonyl (C=O) groups excluding carboxylic acids is 2. The third-order valence-electron chi connectivity index (χ3n) is 3.75. The normalized spacial score (nSPS) is 16.0. The number of imide groups is 1. The molecule has 1 saturated heterocycles. The Morgan fingerprint density at radius 1 is 1.48 bits per heavy atom. The highest BCUT2D eigenvalue weighted by Crippen LogP contribution is 2.20. The van der Waals surface area contributed by atoms with Gasteiger partial charge in [-0.25, -0.2) is 4.79 Å². The van der Waals surface area contributed by atoms with E-state index in [2.05, 4.69) is 5.32 Å². The fourth-order valence-corrected chi connectivity index (χ4v) is 2.34. The smallest absolute Gasteiger partial charge is 0.324 e. The van der Waals surface area contributed by atoms with Crippen molar-refractivity contribution in [3.05, 3.63) is 29.8 Å². The maximum absolute atomic E-state index is 12.3. The molecule has 2 rings (SSSR count). The number of hydrogen-bond acceptors (Lipinski definition) is 4. The predicted octanol–water partition coefficient (Wildman–Crippen LogP) is 1.07. The van der Waals surface area contributed by atoms with Crippen LogP contribution in [-0.2, 0) is 11.3 Å². The first-order valence-corrected chi connectivity index (χ1v) is 6.96. The molecule has 1 heterocycles. The molecule has 0 spiro atoms. The highest BCUT2D eigenvalue weighted by Gasteiger charge is 2.31. The first-order chi connectivity index (χ1) is 10.0. The van der Waals surface area contributed by atoms with Crippen LogP contribution in [0.1, 0.15) is 12.5 Å². The lowest BCUT2D eigenvalue weighted by atomic mass is 10.1. The van der Waals surface area contributed by atoms with Crippen molar-refractivity contribution in [1.82, 2.24) is 15.1 Å². The van der Waals surface area contributed by atoms with Gasteiger partial charge in [0.25, 0.3) is 0 Å². The Morgan fingerprint density at radius 3 is 2.81 bits per heavy atom. The Kier molecular flexibility index (Phi) is 4.80. The molecule has 1 N–H and O–H groups in total. The molecule has 1 aliphatic rings. The van der Waals surface area contributed by atoms with Crippen molar-refractivity contribution < 1.29 is 14.3 Å². The zero-order valence-electron chi connectivity index (χ0n) is 12.6. The number of amides is 3. The Balaban J connectivity index is 2.03. The number of rotatable bonds is 5. The molecule has 1 atom stereocenters. The zero-order chi connectivity index (χ0) is 15.4. The third kappa shape index (κ3) is 3.33. The molecule has 1 aromatic rings. The summed E-state index contributed by atoms with van der Waals surface area (Å²) >= 11 is 0. The number of likely N-dealkylation sites (N-methyl/N-ethyl adjacent to an activating group) is 1. The molecule has 6 heteroatoms. The second-order valence-electron chi connectivity index (χ2n) is 5.12. The van der Waals surface area contributed by atoms with Crippen LogP contribution in [-0.4, -0.2) is 55.0 Å². The van der Waals surface area contributed by atoms with Gasteiger partial charge >= 0.3 is 6.03 Å². The lowest BCUT2D eigenvalue weighted by Crippen LogP contribution is -2.46. The van der Waals surface area contributed by atoms with Gasteiger partial charge in [-0.15, -0.1) is 0 Å². The highest BCUT2D eigenvalue weighted by atomic mass is 16.5. The Bertz CT molecular complexity index is 533. The minimum atomic E-state index is -0.376. The lowest BCUT2D eigenvalue weighted by molar-refractivity contribution is -0.132. The van der Waals surface area contributed by atoms with E-state index in [1.54, 1.807) is 7.11 Å². The van der Waals surface area contributed by atoms with Crippen LogP contribution in [0.25, 0.3) is 0 Å².